The largest absolute Gasteiger partial charge is 0.481 e. The molecule has 0 spiro atoms. The molecule has 2 rings (SSSR count). The summed E-state index contributed by atoms with van der Waals surface area (Å²) in [6.07, 6.45) is 1.80. The molecule has 0 aliphatic carbocycles. The van der Waals surface area contributed by atoms with Crippen LogP contribution in [0.4, 0.5) is 0 Å². The molecule has 0 bridgehead atoms. The van der Waals surface area contributed by atoms with Gasteiger partial charge in [-0.2, -0.15) is 0 Å². The van der Waals surface area contributed by atoms with Crippen molar-refractivity contribution in [1.82, 2.24) is 4.98 Å². The molecular weight excluding hydrogens is 186 g/mol. The Morgan fingerprint density at radius 3 is 2.20 bits per heavy atom. The molecule has 1 aromatic carbocycles. The molecule has 0 fully saturated rings. The lowest BCUT2D eigenvalue weighted by Gasteiger charge is -2.03. The summed E-state index contributed by atoms with van der Waals surface area (Å²) in [4.78, 5) is 4.16. The van der Waals surface area contributed by atoms with Gasteiger partial charge in [0.05, 0.1) is 7.11 Å². The van der Waals surface area contributed by atoms with Crippen LogP contribution in [0.2, 0.25) is 0 Å². The van der Waals surface area contributed by atoms with Gasteiger partial charge in [0, 0.05) is 17.8 Å². The van der Waals surface area contributed by atoms with Crippen LogP contribution in [-0.2, 0) is 0 Å². The molecule has 0 unspecified atom stereocenters. The second-order valence-electron chi connectivity index (χ2n) is 3.29. The molecule has 2 aromatic rings. The lowest BCUT2D eigenvalue weighted by atomic mass is 10.1. The van der Waals surface area contributed by atoms with E-state index in [0.29, 0.717) is 5.88 Å². The lowest BCUT2D eigenvalue weighted by molar-refractivity contribution is 0.398. The standard InChI is InChI=1S/C13H12NO/c1-10-3-5-11(6-4-10)12-7-8-13(15-2)14-9-12/h3-9H,1H2,2H3. The number of benzene rings is 1. The minimum Gasteiger partial charge on any atom is -0.481 e. The molecule has 2 heteroatoms. The number of aromatic nitrogens is 1. The summed E-state index contributed by atoms with van der Waals surface area (Å²) < 4.78 is 5.00. The highest BCUT2D eigenvalue weighted by atomic mass is 16.5. The van der Waals surface area contributed by atoms with Gasteiger partial charge in [0.25, 0.3) is 0 Å². The van der Waals surface area contributed by atoms with E-state index in [2.05, 4.69) is 11.9 Å². The molecular formula is C13H12NO. The Labute approximate surface area is 89.6 Å². The van der Waals surface area contributed by atoms with Crippen LogP contribution < -0.4 is 4.74 Å². The highest BCUT2D eigenvalue weighted by Crippen LogP contribution is 2.20. The van der Waals surface area contributed by atoms with Crippen molar-refractivity contribution in [2.24, 2.45) is 0 Å². The van der Waals surface area contributed by atoms with Crippen molar-refractivity contribution >= 4 is 0 Å². The zero-order valence-electron chi connectivity index (χ0n) is 8.60. The molecule has 0 N–H and O–H groups in total. The summed E-state index contributed by atoms with van der Waals surface area (Å²) in [5.74, 6) is 0.632. The van der Waals surface area contributed by atoms with E-state index in [1.807, 2.05) is 36.4 Å². The van der Waals surface area contributed by atoms with Crippen molar-refractivity contribution in [1.29, 1.82) is 0 Å². The van der Waals surface area contributed by atoms with Gasteiger partial charge in [0.1, 0.15) is 0 Å². The highest BCUT2D eigenvalue weighted by molar-refractivity contribution is 5.63. The topological polar surface area (TPSA) is 22.1 Å². The SMILES string of the molecule is [CH2]c1ccc(-c2ccc(OC)nc2)cc1. The van der Waals surface area contributed by atoms with Crippen LogP contribution in [0.1, 0.15) is 5.56 Å². The molecule has 0 aliphatic heterocycles. The van der Waals surface area contributed by atoms with Crippen molar-refractivity contribution in [3.8, 4) is 17.0 Å². The fourth-order valence-corrected chi connectivity index (χ4v) is 1.37. The van der Waals surface area contributed by atoms with Gasteiger partial charge in [-0.25, -0.2) is 4.98 Å². The van der Waals surface area contributed by atoms with Crippen molar-refractivity contribution in [3.63, 3.8) is 0 Å². The van der Waals surface area contributed by atoms with Gasteiger partial charge in [0.2, 0.25) is 5.88 Å². The third kappa shape index (κ3) is 2.15. The first kappa shape index (κ1) is 9.71. The van der Waals surface area contributed by atoms with Crippen molar-refractivity contribution in [3.05, 3.63) is 55.1 Å². The second-order valence-corrected chi connectivity index (χ2v) is 3.29. The summed E-state index contributed by atoms with van der Waals surface area (Å²) in [6, 6.07) is 11.9. The van der Waals surface area contributed by atoms with Crippen molar-refractivity contribution in [2.75, 3.05) is 7.11 Å². The monoisotopic (exact) mass is 198 g/mol. The number of ether oxygens (including phenoxy) is 1. The molecule has 15 heavy (non-hydrogen) atoms. The van der Waals surface area contributed by atoms with E-state index in [4.69, 9.17) is 4.74 Å². The number of hydrogen-bond donors (Lipinski definition) is 0. The maximum Gasteiger partial charge on any atom is 0.212 e. The van der Waals surface area contributed by atoms with Crippen molar-refractivity contribution in [2.45, 2.75) is 0 Å². The van der Waals surface area contributed by atoms with Crippen LogP contribution in [-0.4, -0.2) is 12.1 Å². The molecule has 0 aliphatic rings. The number of hydrogen-bond acceptors (Lipinski definition) is 2. The van der Waals surface area contributed by atoms with Crippen molar-refractivity contribution < 1.29 is 4.74 Å². The predicted molar refractivity (Wildman–Crippen MR) is 60.7 cm³/mol. The molecule has 0 atom stereocenters. The van der Waals surface area contributed by atoms with Gasteiger partial charge >= 0.3 is 0 Å². The maximum atomic E-state index is 5.00. The minimum atomic E-state index is 0.632. The molecule has 0 saturated heterocycles. The second kappa shape index (κ2) is 4.13. The molecule has 2 nitrogen and oxygen atoms in total. The summed E-state index contributed by atoms with van der Waals surface area (Å²) in [6.45, 7) is 3.85. The minimum absolute atomic E-state index is 0.632. The van der Waals surface area contributed by atoms with E-state index in [1.165, 1.54) is 0 Å². The fourth-order valence-electron chi connectivity index (χ4n) is 1.37. The molecule has 0 saturated carbocycles. The normalized spacial score (nSPS) is 10.0. The quantitative estimate of drug-likeness (QED) is 0.740. The highest BCUT2D eigenvalue weighted by Gasteiger charge is 1.98. The average Bonchev–Trinajstić information content (AvgIpc) is 2.30. The molecule has 1 heterocycles. The molecule has 1 radical (unpaired) electrons. The Bertz CT molecular complexity index is 431. The number of pyridine rings is 1. The maximum absolute atomic E-state index is 5.00. The van der Waals surface area contributed by atoms with Gasteiger partial charge in [-0.1, -0.05) is 24.3 Å². The zero-order chi connectivity index (χ0) is 10.7. The first-order chi connectivity index (χ1) is 7.29. The van der Waals surface area contributed by atoms with Crippen LogP contribution in [0, 0.1) is 6.92 Å². The van der Waals surface area contributed by atoms with E-state index in [-0.39, 0.29) is 0 Å². The van der Waals surface area contributed by atoms with Gasteiger partial charge in [0.15, 0.2) is 0 Å². The fraction of sp³-hybridized carbons (Fsp3) is 0.0769. The summed E-state index contributed by atoms with van der Waals surface area (Å²) >= 11 is 0. The van der Waals surface area contributed by atoms with Crippen LogP contribution in [0.3, 0.4) is 0 Å². The zero-order valence-corrected chi connectivity index (χ0v) is 8.60. The van der Waals surface area contributed by atoms with E-state index in [1.54, 1.807) is 13.3 Å². The Morgan fingerprint density at radius 2 is 1.67 bits per heavy atom. The smallest absolute Gasteiger partial charge is 0.212 e. The van der Waals surface area contributed by atoms with E-state index >= 15 is 0 Å². The Balaban J connectivity index is 2.33. The van der Waals surface area contributed by atoms with Gasteiger partial charge < -0.3 is 4.74 Å². The van der Waals surface area contributed by atoms with E-state index in [9.17, 15) is 0 Å². The molecule has 0 amide bonds. The Morgan fingerprint density at radius 1 is 1.00 bits per heavy atom. The Kier molecular flexibility index (Phi) is 2.68. The Hall–Kier alpha value is -1.83. The first-order valence-electron chi connectivity index (χ1n) is 4.72. The molecule has 75 valence electrons. The summed E-state index contributed by atoms with van der Waals surface area (Å²) in [5, 5.41) is 0. The van der Waals surface area contributed by atoms with Gasteiger partial charge in [-0.3, -0.25) is 0 Å². The molecule has 1 aromatic heterocycles. The first-order valence-corrected chi connectivity index (χ1v) is 4.72. The number of nitrogens with zero attached hydrogens (tertiary/aromatic N) is 1. The number of rotatable bonds is 2. The predicted octanol–water partition coefficient (Wildman–Crippen LogP) is 2.94. The third-order valence-corrected chi connectivity index (χ3v) is 2.23. The van der Waals surface area contributed by atoms with Crippen LogP contribution in [0.15, 0.2) is 42.6 Å². The van der Waals surface area contributed by atoms with E-state index < -0.39 is 0 Å². The van der Waals surface area contributed by atoms with Crippen LogP contribution in [0.5, 0.6) is 5.88 Å². The van der Waals surface area contributed by atoms with E-state index in [0.717, 1.165) is 16.7 Å². The average molecular weight is 198 g/mol. The third-order valence-electron chi connectivity index (χ3n) is 2.23. The van der Waals surface area contributed by atoms with Gasteiger partial charge in [-0.05, 0) is 24.1 Å². The number of methoxy groups -OCH3 is 1. The van der Waals surface area contributed by atoms with Gasteiger partial charge in [-0.15, -0.1) is 0 Å². The summed E-state index contributed by atoms with van der Waals surface area (Å²) in [7, 11) is 1.61. The lowest BCUT2D eigenvalue weighted by Crippen LogP contribution is -1.87. The van der Waals surface area contributed by atoms with Crippen LogP contribution >= 0.6 is 0 Å². The van der Waals surface area contributed by atoms with Crippen LogP contribution in [0.25, 0.3) is 11.1 Å². The summed E-state index contributed by atoms with van der Waals surface area (Å²) in [5.41, 5.74) is 3.23.